The maximum absolute atomic E-state index is 12.7. The second-order valence-electron chi connectivity index (χ2n) is 6.62. The van der Waals surface area contributed by atoms with E-state index in [0.29, 0.717) is 29.4 Å². The van der Waals surface area contributed by atoms with Gasteiger partial charge in [-0.15, -0.1) is 0 Å². The standard InChI is InChI=1S/C24H19BrO5/c1-27-18-6-3-15(4-7-18)14-29-19-8-9-20-22(13-19)30-23(24(20)26)12-16-11-17(25)5-10-21(16)28-2/h3-13H,14H2,1-2H3. The van der Waals surface area contributed by atoms with Gasteiger partial charge in [0, 0.05) is 16.1 Å². The molecular weight excluding hydrogens is 448 g/mol. The summed E-state index contributed by atoms with van der Waals surface area (Å²) >= 11 is 3.44. The quantitative estimate of drug-likeness (QED) is 0.438. The van der Waals surface area contributed by atoms with Crippen LogP contribution in [0.2, 0.25) is 0 Å². The van der Waals surface area contributed by atoms with Gasteiger partial charge in [0.1, 0.15) is 29.6 Å². The number of ketones is 1. The van der Waals surface area contributed by atoms with Crippen LogP contribution in [-0.2, 0) is 6.61 Å². The molecule has 0 fully saturated rings. The van der Waals surface area contributed by atoms with Crippen molar-refractivity contribution in [1.29, 1.82) is 0 Å². The van der Waals surface area contributed by atoms with E-state index < -0.39 is 0 Å². The van der Waals surface area contributed by atoms with E-state index in [1.165, 1.54) is 0 Å². The van der Waals surface area contributed by atoms with Gasteiger partial charge in [0.05, 0.1) is 19.8 Å². The van der Waals surface area contributed by atoms with Gasteiger partial charge in [-0.25, -0.2) is 0 Å². The minimum absolute atomic E-state index is 0.172. The van der Waals surface area contributed by atoms with Gasteiger partial charge in [0.2, 0.25) is 5.78 Å². The van der Waals surface area contributed by atoms with Crippen LogP contribution < -0.4 is 18.9 Å². The highest BCUT2D eigenvalue weighted by molar-refractivity contribution is 9.10. The van der Waals surface area contributed by atoms with Crippen LogP contribution in [0.25, 0.3) is 6.08 Å². The van der Waals surface area contributed by atoms with Crippen LogP contribution in [0.1, 0.15) is 21.5 Å². The van der Waals surface area contributed by atoms with Crippen molar-refractivity contribution >= 4 is 27.8 Å². The Balaban J connectivity index is 1.51. The molecule has 0 saturated heterocycles. The van der Waals surface area contributed by atoms with Gasteiger partial charge in [-0.2, -0.15) is 0 Å². The van der Waals surface area contributed by atoms with Crippen molar-refractivity contribution in [2.45, 2.75) is 6.61 Å². The SMILES string of the molecule is COc1ccc(COc2ccc3c(c2)OC(=Cc2cc(Br)ccc2OC)C3=O)cc1. The van der Waals surface area contributed by atoms with Crippen molar-refractivity contribution in [1.82, 2.24) is 0 Å². The van der Waals surface area contributed by atoms with E-state index >= 15 is 0 Å². The summed E-state index contributed by atoms with van der Waals surface area (Å²) in [6, 6.07) is 18.5. The van der Waals surface area contributed by atoms with Crippen LogP contribution in [-0.4, -0.2) is 20.0 Å². The number of allylic oxidation sites excluding steroid dienone is 1. The normalized spacial score (nSPS) is 13.7. The first-order valence-corrected chi connectivity index (χ1v) is 10.0. The molecule has 0 radical (unpaired) electrons. The minimum Gasteiger partial charge on any atom is -0.497 e. The Labute approximate surface area is 183 Å². The number of ether oxygens (including phenoxy) is 4. The van der Waals surface area contributed by atoms with E-state index in [2.05, 4.69) is 15.9 Å². The molecular formula is C24H19BrO5. The number of rotatable bonds is 6. The molecule has 1 heterocycles. The highest BCUT2D eigenvalue weighted by Gasteiger charge is 2.28. The van der Waals surface area contributed by atoms with E-state index in [1.54, 1.807) is 38.5 Å². The van der Waals surface area contributed by atoms with Crippen molar-refractivity contribution in [2.75, 3.05) is 14.2 Å². The summed E-state index contributed by atoms with van der Waals surface area (Å²) in [5.41, 5.74) is 2.27. The number of Topliss-reactive ketones (excluding diaryl/α,β-unsaturated/α-hetero) is 1. The zero-order chi connectivity index (χ0) is 21.1. The summed E-state index contributed by atoms with van der Waals surface area (Å²) in [5.74, 6) is 2.62. The van der Waals surface area contributed by atoms with Crippen LogP contribution in [0, 0.1) is 0 Å². The lowest BCUT2D eigenvalue weighted by Gasteiger charge is -2.08. The molecule has 30 heavy (non-hydrogen) atoms. The molecule has 5 nitrogen and oxygen atoms in total. The second kappa shape index (κ2) is 8.63. The molecule has 0 amide bonds. The van der Waals surface area contributed by atoms with Crippen LogP contribution in [0.3, 0.4) is 0 Å². The van der Waals surface area contributed by atoms with Gasteiger partial charge in [-0.3, -0.25) is 4.79 Å². The zero-order valence-corrected chi connectivity index (χ0v) is 18.1. The number of hydrogen-bond acceptors (Lipinski definition) is 5. The number of fused-ring (bicyclic) bond motifs is 1. The molecule has 0 atom stereocenters. The first kappa shape index (κ1) is 20.0. The van der Waals surface area contributed by atoms with E-state index in [4.69, 9.17) is 18.9 Å². The molecule has 152 valence electrons. The zero-order valence-electron chi connectivity index (χ0n) is 16.5. The van der Waals surface area contributed by atoms with E-state index in [-0.39, 0.29) is 11.5 Å². The van der Waals surface area contributed by atoms with Crippen molar-refractivity contribution < 1.29 is 23.7 Å². The maximum Gasteiger partial charge on any atom is 0.231 e. The number of carbonyl (C=O) groups is 1. The van der Waals surface area contributed by atoms with Gasteiger partial charge in [-0.05, 0) is 54.1 Å². The molecule has 0 unspecified atom stereocenters. The Morgan fingerprint density at radius 1 is 0.933 bits per heavy atom. The largest absolute Gasteiger partial charge is 0.497 e. The first-order valence-electron chi connectivity index (χ1n) is 9.25. The fraction of sp³-hybridized carbons (Fsp3) is 0.125. The van der Waals surface area contributed by atoms with Crippen molar-refractivity contribution in [2.24, 2.45) is 0 Å². The van der Waals surface area contributed by atoms with E-state index in [0.717, 1.165) is 21.3 Å². The summed E-state index contributed by atoms with van der Waals surface area (Å²) in [6.45, 7) is 0.397. The molecule has 0 spiro atoms. The topological polar surface area (TPSA) is 54.0 Å². The number of halogens is 1. The van der Waals surface area contributed by atoms with E-state index in [1.807, 2.05) is 42.5 Å². The Morgan fingerprint density at radius 2 is 1.70 bits per heavy atom. The number of hydrogen-bond donors (Lipinski definition) is 0. The van der Waals surface area contributed by atoms with Gasteiger partial charge >= 0.3 is 0 Å². The highest BCUT2D eigenvalue weighted by Crippen LogP contribution is 2.36. The van der Waals surface area contributed by atoms with Crippen LogP contribution in [0.4, 0.5) is 0 Å². The third-order valence-electron chi connectivity index (χ3n) is 4.68. The summed E-state index contributed by atoms with van der Waals surface area (Å²) < 4.78 is 23.1. The van der Waals surface area contributed by atoms with Crippen molar-refractivity contribution in [3.63, 3.8) is 0 Å². The summed E-state index contributed by atoms with van der Waals surface area (Å²) in [7, 11) is 3.22. The van der Waals surface area contributed by atoms with Crippen molar-refractivity contribution in [3.05, 3.63) is 87.6 Å². The monoisotopic (exact) mass is 466 g/mol. The molecule has 3 aromatic carbocycles. The smallest absolute Gasteiger partial charge is 0.231 e. The minimum atomic E-state index is -0.172. The Hall–Kier alpha value is -3.25. The summed E-state index contributed by atoms with van der Waals surface area (Å²) in [4.78, 5) is 12.7. The van der Waals surface area contributed by atoms with E-state index in [9.17, 15) is 4.79 Å². The lowest BCUT2D eigenvalue weighted by Crippen LogP contribution is -1.99. The molecule has 4 rings (SSSR count). The van der Waals surface area contributed by atoms with Crippen LogP contribution >= 0.6 is 15.9 Å². The van der Waals surface area contributed by atoms with Gasteiger partial charge < -0.3 is 18.9 Å². The second-order valence-corrected chi connectivity index (χ2v) is 7.54. The molecule has 1 aliphatic rings. The third-order valence-corrected chi connectivity index (χ3v) is 5.18. The van der Waals surface area contributed by atoms with Gasteiger partial charge in [0.15, 0.2) is 5.76 Å². The van der Waals surface area contributed by atoms with Gasteiger partial charge in [0.25, 0.3) is 0 Å². The lowest BCUT2D eigenvalue weighted by atomic mass is 10.1. The summed E-state index contributed by atoms with van der Waals surface area (Å²) in [5, 5.41) is 0. The molecule has 0 N–H and O–H groups in total. The van der Waals surface area contributed by atoms with Gasteiger partial charge in [-0.1, -0.05) is 28.1 Å². The Bertz CT molecular complexity index is 1120. The Kier molecular flexibility index (Phi) is 5.77. The van der Waals surface area contributed by atoms with Crippen LogP contribution in [0.15, 0.2) is 70.9 Å². The fourth-order valence-electron chi connectivity index (χ4n) is 3.10. The number of methoxy groups -OCH3 is 2. The molecule has 0 aliphatic carbocycles. The summed E-state index contributed by atoms with van der Waals surface area (Å²) in [6.07, 6.45) is 1.68. The Morgan fingerprint density at radius 3 is 2.43 bits per heavy atom. The maximum atomic E-state index is 12.7. The molecule has 0 bridgehead atoms. The fourth-order valence-corrected chi connectivity index (χ4v) is 3.48. The predicted molar refractivity (Wildman–Crippen MR) is 117 cm³/mol. The molecule has 6 heteroatoms. The van der Waals surface area contributed by atoms with Crippen molar-refractivity contribution in [3.8, 4) is 23.0 Å². The predicted octanol–water partition coefficient (Wildman–Crippen LogP) is 5.66. The van der Waals surface area contributed by atoms with Crippen LogP contribution in [0.5, 0.6) is 23.0 Å². The molecule has 3 aromatic rings. The number of benzene rings is 3. The number of carbonyl (C=O) groups excluding carboxylic acids is 1. The lowest BCUT2D eigenvalue weighted by molar-refractivity contribution is 0.101. The average Bonchev–Trinajstić information content (AvgIpc) is 3.07. The molecule has 0 aromatic heterocycles. The highest BCUT2D eigenvalue weighted by atomic mass is 79.9. The first-order chi connectivity index (χ1) is 14.6. The molecule has 0 saturated carbocycles. The third kappa shape index (κ3) is 4.19. The average molecular weight is 467 g/mol. The molecule has 1 aliphatic heterocycles.